The SMILES string of the molecule is C=C(Cl)/C=C\C(=C/C)CC.COc1ccc2c(C=O)c(C)n(CC(=O)N(C)C(C)(C)C)c2c1. The van der Waals surface area contributed by atoms with Crippen molar-refractivity contribution < 1.29 is 14.3 Å². The van der Waals surface area contributed by atoms with Gasteiger partial charge in [-0.2, -0.15) is 0 Å². The standard InChI is InChI=1S/C18H24N2O3.C9H13Cl/c1-12-15(11-21)14-8-7-13(23-6)9-16(14)20(12)10-17(22)19(5)18(2,3)4;1-4-9(5-2)7-6-8(3)10/h7-9,11H,10H2,1-6H3;4,6-7H,3,5H2,1-2H3/b;7-6-,9-4-. The van der Waals surface area contributed by atoms with Gasteiger partial charge in [-0.25, -0.2) is 0 Å². The maximum atomic E-state index is 12.6. The molecule has 180 valence electrons. The quantitative estimate of drug-likeness (QED) is 0.333. The van der Waals surface area contributed by atoms with Crippen LogP contribution in [0.2, 0.25) is 0 Å². The minimum Gasteiger partial charge on any atom is -0.497 e. The molecule has 0 spiro atoms. The summed E-state index contributed by atoms with van der Waals surface area (Å²) in [5.74, 6) is 0.697. The number of nitrogens with zero attached hydrogens (tertiary/aromatic N) is 2. The number of benzene rings is 1. The Hall–Kier alpha value is -2.79. The van der Waals surface area contributed by atoms with Crippen LogP contribution in [0.1, 0.15) is 57.1 Å². The third kappa shape index (κ3) is 7.64. The predicted molar refractivity (Wildman–Crippen MR) is 139 cm³/mol. The Bertz CT molecular complexity index is 1060. The average molecular weight is 473 g/mol. The smallest absolute Gasteiger partial charge is 0.242 e. The predicted octanol–water partition coefficient (Wildman–Crippen LogP) is 6.68. The number of allylic oxidation sites excluding steroid dienone is 5. The highest BCUT2D eigenvalue weighted by Gasteiger charge is 2.24. The molecule has 1 aromatic heterocycles. The molecule has 0 saturated heterocycles. The van der Waals surface area contributed by atoms with E-state index in [2.05, 4.69) is 19.6 Å². The van der Waals surface area contributed by atoms with Gasteiger partial charge < -0.3 is 14.2 Å². The highest BCUT2D eigenvalue weighted by Crippen LogP contribution is 2.28. The van der Waals surface area contributed by atoms with E-state index in [-0.39, 0.29) is 18.0 Å². The van der Waals surface area contributed by atoms with Gasteiger partial charge in [0, 0.05) is 40.3 Å². The topological polar surface area (TPSA) is 51.5 Å². The lowest BCUT2D eigenvalue weighted by molar-refractivity contribution is -0.134. The van der Waals surface area contributed by atoms with E-state index in [9.17, 15) is 9.59 Å². The van der Waals surface area contributed by atoms with Gasteiger partial charge in [0.15, 0.2) is 6.29 Å². The van der Waals surface area contributed by atoms with Crippen molar-refractivity contribution in [2.24, 2.45) is 0 Å². The lowest BCUT2D eigenvalue weighted by Gasteiger charge is -2.32. The maximum absolute atomic E-state index is 12.6. The van der Waals surface area contributed by atoms with E-state index in [0.717, 1.165) is 29.3 Å². The number of aromatic nitrogens is 1. The summed E-state index contributed by atoms with van der Waals surface area (Å²) in [5.41, 5.74) is 3.27. The highest BCUT2D eigenvalue weighted by molar-refractivity contribution is 6.30. The summed E-state index contributed by atoms with van der Waals surface area (Å²) in [6, 6.07) is 5.54. The average Bonchev–Trinajstić information content (AvgIpc) is 3.03. The second-order valence-corrected chi connectivity index (χ2v) is 9.19. The molecule has 0 aliphatic heterocycles. The largest absolute Gasteiger partial charge is 0.497 e. The molecular formula is C27H37ClN2O3. The first-order chi connectivity index (χ1) is 15.4. The summed E-state index contributed by atoms with van der Waals surface area (Å²) in [6.45, 7) is 15.7. The number of ether oxygens (including phenoxy) is 1. The fraction of sp³-hybridized carbons (Fsp3) is 0.407. The van der Waals surface area contributed by atoms with Gasteiger partial charge >= 0.3 is 0 Å². The molecule has 1 heterocycles. The van der Waals surface area contributed by atoms with Crippen LogP contribution in [0, 0.1) is 6.92 Å². The molecule has 1 aromatic carbocycles. The van der Waals surface area contributed by atoms with Gasteiger partial charge in [0.1, 0.15) is 12.3 Å². The number of hydrogen-bond donors (Lipinski definition) is 0. The zero-order valence-corrected chi connectivity index (χ0v) is 21.9. The van der Waals surface area contributed by atoms with Crippen LogP contribution >= 0.6 is 11.6 Å². The molecule has 0 aliphatic rings. The van der Waals surface area contributed by atoms with E-state index in [1.54, 1.807) is 25.1 Å². The zero-order valence-electron chi connectivity index (χ0n) is 21.2. The van der Waals surface area contributed by atoms with Crippen LogP contribution in [0.5, 0.6) is 5.75 Å². The monoisotopic (exact) mass is 472 g/mol. The molecule has 0 unspecified atom stereocenters. The van der Waals surface area contributed by atoms with Gasteiger partial charge in [-0.1, -0.05) is 42.8 Å². The van der Waals surface area contributed by atoms with Gasteiger partial charge in [0.25, 0.3) is 0 Å². The number of carbonyl (C=O) groups is 2. The molecule has 2 aromatic rings. The van der Waals surface area contributed by atoms with Crippen molar-refractivity contribution in [3.05, 3.63) is 64.9 Å². The zero-order chi connectivity index (χ0) is 25.3. The van der Waals surface area contributed by atoms with E-state index in [1.807, 2.05) is 63.5 Å². The fourth-order valence-electron chi connectivity index (χ4n) is 3.19. The summed E-state index contributed by atoms with van der Waals surface area (Å²) in [4.78, 5) is 25.8. The molecule has 0 N–H and O–H groups in total. The molecule has 0 bridgehead atoms. The van der Waals surface area contributed by atoms with Gasteiger partial charge in [-0.3, -0.25) is 9.59 Å². The van der Waals surface area contributed by atoms with E-state index >= 15 is 0 Å². The van der Waals surface area contributed by atoms with Crippen LogP contribution in [-0.2, 0) is 11.3 Å². The Morgan fingerprint density at radius 2 is 1.91 bits per heavy atom. The number of aldehydes is 1. The molecule has 0 atom stereocenters. The van der Waals surface area contributed by atoms with Crippen molar-refractivity contribution in [2.45, 2.75) is 60.0 Å². The molecule has 0 aliphatic carbocycles. The third-order valence-electron chi connectivity index (χ3n) is 5.63. The second kappa shape index (κ2) is 12.4. The first kappa shape index (κ1) is 28.2. The van der Waals surface area contributed by atoms with Crippen LogP contribution in [0.25, 0.3) is 10.9 Å². The first-order valence-electron chi connectivity index (χ1n) is 11.0. The molecule has 6 heteroatoms. The molecule has 2 rings (SSSR count). The van der Waals surface area contributed by atoms with E-state index in [1.165, 1.54) is 5.57 Å². The van der Waals surface area contributed by atoms with Gasteiger partial charge in [0.2, 0.25) is 5.91 Å². The Morgan fingerprint density at radius 3 is 2.36 bits per heavy atom. The molecule has 0 fully saturated rings. The van der Waals surface area contributed by atoms with E-state index in [4.69, 9.17) is 16.3 Å². The Morgan fingerprint density at radius 1 is 1.27 bits per heavy atom. The Kier molecular flexibility index (Phi) is 10.7. The Labute approximate surface area is 203 Å². The van der Waals surface area contributed by atoms with Crippen LogP contribution in [0.4, 0.5) is 0 Å². The van der Waals surface area contributed by atoms with Crippen molar-refractivity contribution in [3.8, 4) is 5.75 Å². The van der Waals surface area contributed by atoms with Gasteiger partial charge in [0.05, 0.1) is 12.6 Å². The van der Waals surface area contributed by atoms with Crippen molar-refractivity contribution in [1.82, 2.24) is 9.47 Å². The van der Waals surface area contributed by atoms with E-state index < -0.39 is 0 Å². The lowest BCUT2D eigenvalue weighted by atomic mass is 10.1. The van der Waals surface area contributed by atoms with E-state index in [0.29, 0.717) is 16.3 Å². The number of fused-ring (bicyclic) bond motifs is 1. The summed E-state index contributed by atoms with van der Waals surface area (Å²) in [5, 5.41) is 1.41. The highest BCUT2D eigenvalue weighted by atomic mass is 35.5. The number of likely N-dealkylation sites (N-methyl/N-ethyl adjacent to an activating group) is 1. The molecule has 0 radical (unpaired) electrons. The first-order valence-corrected chi connectivity index (χ1v) is 11.3. The minimum atomic E-state index is -0.251. The molecular weight excluding hydrogens is 436 g/mol. The molecule has 5 nitrogen and oxygen atoms in total. The lowest BCUT2D eigenvalue weighted by Crippen LogP contribution is -2.44. The van der Waals surface area contributed by atoms with Gasteiger partial charge in [-0.15, -0.1) is 0 Å². The maximum Gasteiger partial charge on any atom is 0.242 e. The summed E-state index contributed by atoms with van der Waals surface area (Å²) < 4.78 is 7.15. The number of hydrogen-bond acceptors (Lipinski definition) is 3. The minimum absolute atomic E-state index is 0.00207. The summed E-state index contributed by atoms with van der Waals surface area (Å²) in [7, 11) is 3.39. The Balaban J connectivity index is 0.000000461. The normalized spacial score (nSPS) is 11.8. The van der Waals surface area contributed by atoms with Crippen molar-refractivity contribution in [2.75, 3.05) is 14.2 Å². The van der Waals surface area contributed by atoms with Crippen LogP contribution < -0.4 is 4.74 Å². The number of amides is 1. The molecule has 33 heavy (non-hydrogen) atoms. The van der Waals surface area contributed by atoms with Crippen LogP contribution in [0.15, 0.2) is 53.6 Å². The number of methoxy groups -OCH3 is 1. The molecule has 0 saturated carbocycles. The number of carbonyl (C=O) groups excluding carboxylic acids is 2. The molecule has 1 amide bonds. The van der Waals surface area contributed by atoms with Gasteiger partial charge in [-0.05, 0) is 59.2 Å². The fourth-order valence-corrected chi connectivity index (χ4v) is 3.26. The summed E-state index contributed by atoms with van der Waals surface area (Å²) in [6.07, 6.45) is 7.74. The van der Waals surface area contributed by atoms with Crippen molar-refractivity contribution in [1.29, 1.82) is 0 Å². The number of rotatable bonds is 7. The number of halogens is 1. The van der Waals surface area contributed by atoms with Crippen molar-refractivity contribution in [3.63, 3.8) is 0 Å². The van der Waals surface area contributed by atoms with Crippen molar-refractivity contribution >= 4 is 34.7 Å². The summed E-state index contributed by atoms with van der Waals surface area (Å²) >= 11 is 5.53. The second-order valence-electron chi connectivity index (χ2n) is 8.71. The third-order valence-corrected chi connectivity index (χ3v) is 5.76. The van der Waals surface area contributed by atoms with Crippen LogP contribution in [-0.4, -0.2) is 41.4 Å². The van der Waals surface area contributed by atoms with Crippen LogP contribution in [0.3, 0.4) is 0 Å².